The maximum atomic E-state index is 12.8. The standard InChI is InChI=1S/C18H23N5O/c1-18(2)12-23(9-6-15(18)19)17(24)13-4-3-5-14(10-13)22-16-11-20-7-8-21-16/h3-5,7-8,10-11,15H,6,9,12,19H2,1-2H3,(H,21,22). The summed E-state index contributed by atoms with van der Waals surface area (Å²) in [5, 5.41) is 3.16. The van der Waals surface area contributed by atoms with Crippen molar-refractivity contribution in [3.63, 3.8) is 0 Å². The van der Waals surface area contributed by atoms with E-state index >= 15 is 0 Å². The van der Waals surface area contributed by atoms with Gasteiger partial charge in [-0.05, 0) is 30.0 Å². The fraction of sp³-hybridized carbons (Fsp3) is 0.389. The average Bonchev–Trinajstić information content (AvgIpc) is 2.58. The number of hydrogen-bond acceptors (Lipinski definition) is 5. The van der Waals surface area contributed by atoms with Crippen molar-refractivity contribution in [2.75, 3.05) is 18.4 Å². The van der Waals surface area contributed by atoms with Crippen LogP contribution in [-0.2, 0) is 0 Å². The molecule has 1 aromatic heterocycles. The minimum Gasteiger partial charge on any atom is -0.339 e. The van der Waals surface area contributed by atoms with Crippen molar-refractivity contribution >= 4 is 17.4 Å². The van der Waals surface area contributed by atoms with Crippen LogP contribution >= 0.6 is 0 Å². The lowest BCUT2D eigenvalue weighted by atomic mass is 9.79. The van der Waals surface area contributed by atoms with Gasteiger partial charge in [0.25, 0.3) is 5.91 Å². The van der Waals surface area contributed by atoms with Crippen molar-refractivity contribution in [2.24, 2.45) is 11.1 Å². The molecule has 1 aromatic carbocycles. The number of likely N-dealkylation sites (tertiary alicyclic amines) is 1. The summed E-state index contributed by atoms with van der Waals surface area (Å²) in [7, 11) is 0. The molecule has 1 fully saturated rings. The Hall–Kier alpha value is -2.47. The number of piperidine rings is 1. The number of rotatable bonds is 3. The van der Waals surface area contributed by atoms with Gasteiger partial charge in [0.2, 0.25) is 0 Å². The van der Waals surface area contributed by atoms with Crippen LogP contribution in [0.1, 0.15) is 30.6 Å². The van der Waals surface area contributed by atoms with Crippen molar-refractivity contribution in [3.8, 4) is 0 Å². The highest BCUT2D eigenvalue weighted by atomic mass is 16.2. The van der Waals surface area contributed by atoms with Crippen LogP contribution in [-0.4, -0.2) is 39.9 Å². The predicted molar refractivity (Wildman–Crippen MR) is 94.0 cm³/mol. The Morgan fingerprint density at radius 3 is 2.92 bits per heavy atom. The van der Waals surface area contributed by atoms with Gasteiger partial charge in [0.15, 0.2) is 0 Å². The number of carbonyl (C=O) groups is 1. The highest BCUT2D eigenvalue weighted by Crippen LogP contribution is 2.29. The molecule has 0 aliphatic carbocycles. The number of benzene rings is 1. The first-order chi connectivity index (χ1) is 11.5. The van der Waals surface area contributed by atoms with Crippen LogP contribution in [0.15, 0.2) is 42.9 Å². The molecule has 1 aliphatic rings. The van der Waals surface area contributed by atoms with Gasteiger partial charge >= 0.3 is 0 Å². The van der Waals surface area contributed by atoms with Crippen LogP contribution in [0.5, 0.6) is 0 Å². The Balaban J connectivity index is 1.75. The third kappa shape index (κ3) is 3.54. The summed E-state index contributed by atoms with van der Waals surface area (Å²) < 4.78 is 0. The first-order valence-corrected chi connectivity index (χ1v) is 8.14. The van der Waals surface area contributed by atoms with Crippen molar-refractivity contribution in [1.29, 1.82) is 0 Å². The lowest BCUT2D eigenvalue weighted by Gasteiger charge is -2.42. The molecule has 1 amide bonds. The van der Waals surface area contributed by atoms with Gasteiger partial charge in [0.1, 0.15) is 5.82 Å². The van der Waals surface area contributed by atoms with Gasteiger partial charge in [0.05, 0.1) is 6.20 Å². The highest BCUT2D eigenvalue weighted by molar-refractivity contribution is 5.95. The van der Waals surface area contributed by atoms with E-state index in [9.17, 15) is 4.79 Å². The molecule has 1 saturated heterocycles. The van der Waals surface area contributed by atoms with E-state index in [4.69, 9.17) is 5.73 Å². The normalized spacial score (nSPS) is 19.8. The summed E-state index contributed by atoms with van der Waals surface area (Å²) in [6, 6.07) is 7.59. The molecule has 126 valence electrons. The van der Waals surface area contributed by atoms with Gasteiger partial charge < -0.3 is 16.0 Å². The molecule has 0 radical (unpaired) electrons. The molecule has 1 unspecified atom stereocenters. The Bertz CT molecular complexity index is 716. The number of aromatic nitrogens is 2. The van der Waals surface area contributed by atoms with Crippen molar-refractivity contribution in [2.45, 2.75) is 26.3 Å². The summed E-state index contributed by atoms with van der Waals surface area (Å²) in [6.45, 7) is 5.60. The van der Waals surface area contributed by atoms with Gasteiger partial charge in [-0.2, -0.15) is 0 Å². The zero-order valence-electron chi connectivity index (χ0n) is 14.1. The van der Waals surface area contributed by atoms with E-state index in [0.29, 0.717) is 24.5 Å². The maximum absolute atomic E-state index is 12.8. The number of nitrogens with one attached hydrogen (secondary N) is 1. The van der Waals surface area contributed by atoms with E-state index in [-0.39, 0.29) is 17.4 Å². The SMILES string of the molecule is CC1(C)CN(C(=O)c2cccc(Nc3cnccn3)c2)CCC1N. The smallest absolute Gasteiger partial charge is 0.253 e. The fourth-order valence-electron chi connectivity index (χ4n) is 2.97. The summed E-state index contributed by atoms with van der Waals surface area (Å²) in [5.41, 5.74) is 7.57. The van der Waals surface area contributed by atoms with Crippen LogP contribution in [0.25, 0.3) is 0 Å². The van der Waals surface area contributed by atoms with Crippen LogP contribution in [0, 0.1) is 5.41 Å². The van der Waals surface area contributed by atoms with E-state index in [1.807, 2.05) is 29.2 Å². The van der Waals surface area contributed by atoms with Crippen molar-refractivity contribution in [3.05, 3.63) is 48.4 Å². The number of amides is 1. The second-order valence-electron chi connectivity index (χ2n) is 6.91. The number of nitrogens with two attached hydrogens (primary N) is 1. The molecular weight excluding hydrogens is 302 g/mol. The van der Waals surface area contributed by atoms with Crippen molar-refractivity contribution in [1.82, 2.24) is 14.9 Å². The van der Waals surface area contributed by atoms with E-state index in [1.54, 1.807) is 18.6 Å². The van der Waals surface area contributed by atoms with Crippen LogP contribution in [0.2, 0.25) is 0 Å². The summed E-state index contributed by atoms with van der Waals surface area (Å²) in [4.78, 5) is 22.9. The number of anilines is 2. The molecule has 2 heterocycles. The van der Waals surface area contributed by atoms with E-state index in [0.717, 1.165) is 12.1 Å². The van der Waals surface area contributed by atoms with Crippen LogP contribution in [0.3, 0.4) is 0 Å². The van der Waals surface area contributed by atoms with Crippen LogP contribution in [0.4, 0.5) is 11.5 Å². The molecule has 0 bridgehead atoms. The van der Waals surface area contributed by atoms with Gasteiger partial charge in [-0.15, -0.1) is 0 Å². The average molecular weight is 325 g/mol. The molecule has 2 aromatic rings. The molecule has 0 saturated carbocycles. The number of carbonyl (C=O) groups excluding carboxylic acids is 1. The van der Waals surface area contributed by atoms with Gasteiger partial charge in [-0.25, -0.2) is 4.98 Å². The van der Waals surface area contributed by atoms with Gasteiger partial charge in [-0.1, -0.05) is 19.9 Å². The quantitative estimate of drug-likeness (QED) is 0.905. The third-order valence-electron chi connectivity index (χ3n) is 4.54. The number of nitrogens with zero attached hydrogens (tertiary/aromatic N) is 3. The predicted octanol–water partition coefficient (Wildman–Crippen LogP) is 2.42. The molecule has 3 rings (SSSR count). The monoisotopic (exact) mass is 325 g/mol. The van der Waals surface area contributed by atoms with Gasteiger partial charge in [0, 0.05) is 42.8 Å². The largest absolute Gasteiger partial charge is 0.339 e. The third-order valence-corrected chi connectivity index (χ3v) is 4.54. The first-order valence-electron chi connectivity index (χ1n) is 8.14. The minimum atomic E-state index is -0.0661. The van der Waals surface area contributed by atoms with E-state index < -0.39 is 0 Å². The zero-order chi connectivity index (χ0) is 17.2. The Morgan fingerprint density at radius 2 is 2.21 bits per heavy atom. The summed E-state index contributed by atoms with van der Waals surface area (Å²) >= 11 is 0. The maximum Gasteiger partial charge on any atom is 0.253 e. The Kier molecular flexibility index (Phi) is 4.49. The molecule has 6 nitrogen and oxygen atoms in total. The van der Waals surface area contributed by atoms with Gasteiger partial charge in [-0.3, -0.25) is 9.78 Å². The second kappa shape index (κ2) is 6.57. The molecule has 1 atom stereocenters. The molecule has 0 spiro atoms. The topological polar surface area (TPSA) is 84.1 Å². The van der Waals surface area contributed by atoms with E-state index in [1.165, 1.54) is 0 Å². The molecule has 6 heteroatoms. The molecule has 1 aliphatic heterocycles. The Morgan fingerprint density at radius 1 is 1.38 bits per heavy atom. The molecular formula is C18H23N5O. The first kappa shape index (κ1) is 16.4. The summed E-state index contributed by atoms with van der Waals surface area (Å²) in [5.74, 6) is 0.685. The lowest BCUT2D eigenvalue weighted by molar-refractivity contribution is 0.0533. The minimum absolute atomic E-state index is 0.0396. The fourth-order valence-corrected chi connectivity index (χ4v) is 2.97. The zero-order valence-corrected chi connectivity index (χ0v) is 14.1. The van der Waals surface area contributed by atoms with Crippen LogP contribution < -0.4 is 11.1 Å². The lowest BCUT2D eigenvalue weighted by Crippen LogP contribution is -2.54. The molecule has 3 N–H and O–H groups in total. The second-order valence-corrected chi connectivity index (χ2v) is 6.91. The summed E-state index contributed by atoms with van der Waals surface area (Å²) in [6.07, 6.45) is 5.71. The van der Waals surface area contributed by atoms with Crippen molar-refractivity contribution < 1.29 is 4.79 Å². The molecule has 24 heavy (non-hydrogen) atoms. The van der Waals surface area contributed by atoms with E-state index in [2.05, 4.69) is 29.1 Å². The Labute approximate surface area is 142 Å². The highest BCUT2D eigenvalue weighted by Gasteiger charge is 2.35. The number of hydrogen-bond donors (Lipinski definition) is 2.